The summed E-state index contributed by atoms with van der Waals surface area (Å²) in [7, 11) is 0. The minimum Gasteiger partial charge on any atom is -0.368 e. The van der Waals surface area contributed by atoms with Gasteiger partial charge in [-0.25, -0.2) is 0 Å². The molecule has 0 saturated carbocycles. The average molecular weight is 370 g/mol. The van der Waals surface area contributed by atoms with Crippen molar-refractivity contribution in [2.45, 2.75) is 50.8 Å². The largest absolute Gasteiger partial charge is 0.368 e. The van der Waals surface area contributed by atoms with E-state index < -0.39 is 0 Å². The first-order chi connectivity index (χ1) is 13.3. The fourth-order valence-electron chi connectivity index (χ4n) is 3.72. The van der Waals surface area contributed by atoms with E-state index in [1.54, 1.807) is 0 Å². The highest BCUT2D eigenvalue weighted by atomic mass is 16.5. The Hall–Kier alpha value is -2.25. The average Bonchev–Trinajstić information content (AvgIpc) is 3.39. The predicted octanol–water partition coefficient (Wildman–Crippen LogP) is 1.92. The molecule has 1 amide bonds. The molecule has 2 aliphatic rings. The lowest BCUT2D eigenvalue weighted by Crippen LogP contribution is -2.47. The summed E-state index contributed by atoms with van der Waals surface area (Å²) in [6.45, 7) is 2.83. The maximum absolute atomic E-state index is 12.4. The van der Waals surface area contributed by atoms with Gasteiger partial charge in [0.2, 0.25) is 5.89 Å². The number of nitrogens with one attached hydrogen (secondary N) is 1. The predicted molar refractivity (Wildman–Crippen MR) is 99.0 cm³/mol. The van der Waals surface area contributed by atoms with Gasteiger partial charge in [0.25, 0.3) is 5.91 Å². The molecule has 2 fully saturated rings. The number of ether oxygens (including phenoxy) is 1. The summed E-state index contributed by atoms with van der Waals surface area (Å²) in [5.74, 6) is 1.47. The summed E-state index contributed by atoms with van der Waals surface area (Å²) in [5, 5.41) is 7.54. The Morgan fingerprint density at radius 3 is 2.74 bits per heavy atom. The highest BCUT2D eigenvalue weighted by molar-refractivity contribution is 5.81. The SMILES string of the molecule is O=C(C1CCCO1)N1CCC(NCc2nc(Cc3ccccc3)no2)CC1. The van der Waals surface area contributed by atoms with Crippen molar-refractivity contribution < 1.29 is 14.1 Å². The lowest BCUT2D eigenvalue weighted by atomic mass is 10.0. The highest BCUT2D eigenvalue weighted by Crippen LogP contribution is 2.18. The first kappa shape index (κ1) is 18.1. The first-order valence-corrected chi connectivity index (χ1v) is 9.77. The Morgan fingerprint density at radius 2 is 2.00 bits per heavy atom. The monoisotopic (exact) mass is 370 g/mol. The smallest absolute Gasteiger partial charge is 0.251 e. The van der Waals surface area contributed by atoms with Gasteiger partial charge in [0.15, 0.2) is 5.82 Å². The second-order valence-corrected chi connectivity index (χ2v) is 7.25. The van der Waals surface area contributed by atoms with Crippen LogP contribution >= 0.6 is 0 Å². The van der Waals surface area contributed by atoms with Gasteiger partial charge in [-0.2, -0.15) is 4.98 Å². The van der Waals surface area contributed by atoms with Crippen LogP contribution in [0.25, 0.3) is 0 Å². The van der Waals surface area contributed by atoms with E-state index in [2.05, 4.69) is 27.6 Å². The van der Waals surface area contributed by atoms with Gasteiger partial charge in [-0.1, -0.05) is 35.5 Å². The maximum Gasteiger partial charge on any atom is 0.251 e. The van der Waals surface area contributed by atoms with E-state index in [4.69, 9.17) is 9.26 Å². The van der Waals surface area contributed by atoms with Crippen LogP contribution in [-0.4, -0.2) is 52.8 Å². The fraction of sp³-hybridized carbons (Fsp3) is 0.550. The highest BCUT2D eigenvalue weighted by Gasteiger charge is 2.30. The molecule has 1 atom stereocenters. The number of aromatic nitrogens is 2. The van der Waals surface area contributed by atoms with Crippen LogP contribution in [0.4, 0.5) is 0 Å². The van der Waals surface area contributed by atoms with Crippen LogP contribution in [0.5, 0.6) is 0 Å². The molecule has 0 spiro atoms. The molecule has 7 nitrogen and oxygen atoms in total. The summed E-state index contributed by atoms with van der Waals surface area (Å²) in [4.78, 5) is 18.8. The minimum absolute atomic E-state index is 0.161. The van der Waals surface area contributed by atoms with Crippen LogP contribution in [-0.2, 0) is 22.5 Å². The van der Waals surface area contributed by atoms with E-state index in [1.165, 1.54) is 5.56 Å². The van der Waals surface area contributed by atoms with Crippen LogP contribution < -0.4 is 5.32 Å². The molecule has 1 aromatic carbocycles. The van der Waals surface area contributed by atoms with E-state index in [1.807, 2.05) is 23.1 Å². The molecule has 7 heteroatoms. The zero-order chi connectivity index (χ0) is 18.5. The van der Waals surface area contributed by atoms with Gasteiger partial charge >= 0.3 is 0 Å². The molecule has 0 radical (unpaired) electrons. The number of piperidine rings is 1. The minimum atomic E-state index is -0.212. The molecule has 1 N–H and O–H groups in total. The van der Waals surface area contributed by atoms with Crippen LogP contribution in [0, 0.1) is 0 Å². The lowest BCUT2D eigenvalue weighted by Gasteiger charge is -2.33. The van der Waals surface area contributed by atoms with Gasteiger partial charge in [0.1, 0.15) is 6.10 Å². The second-order valence-electron chi connectivity index (χ2n) is 7.25. The molecule has 1 aromatic heterocycles. The van der Waals surface area contributed by atoms with Crippen LogP contribution in [0.2, 0.25) is 0 Å². The molecule has 2 saturated heterocycles. The quantitative estimate of drug-likeness (QED) is 0.837. The van der Waals surface area contributed by atoms with Crippen LogP contribution in [0.1, 0.15) is 43.0 Å². The zero-order valence-electron chi connectivity index (χ0n) is 15.5. The van der Waals surface area contributed by atoms with Gasteiger partial charge in [-0.3, -0.25) is 4.79 Å². The summed E-state index contributed by atoms with van der Waals surface area (Å²) < 4.78 is 10.9. The lowest BCUT2D eigenvalue weighted by molar-refractivity contribution is -0.142. The number of hydrogen-bond donors (Lipinski definition) is 1. The number of hydrogen-bond acceptors (Lipinski definition) is 6. The molecule has 0 aliphatic carbocycles. The van der Waals surface area contributed by atoms with E-state index in [9.17, 15) is 4.79 Å². The maximum atomic E-state index is 12.4. The van der Waals surface area contributed by atoms with Gasteiger partial charge < -0.3 is 19.5 Å². The van der Waals surface area contributed by atoms with Crippen LogP contribution in [0.15, 0.2) is 34.9 Å². The Labute approximate surface area is 159 Å². The van der Waals surface area contributed by atoms with Gasteiger partial charge in [0, 0.05) is 32.2 Å². The molecule has 4 rings (SSSR count). The fourth-order valence-corrected chi connectivity index (χ4v) is 3.72. The van der Waals surface area contributed by atoms with Crippen molar-refractivity contribution in [2.24, 2.45) is 0 Å². The van der Waals surface area contributed by atoms with E-state index in [0.29, 0.717) is 37.3 Å². The summed E-state index contributed by atoms with van der Waals surface area (Å²) >= 11 is 0. The summed E-state index contributed by atoms with van der Waals surface area (Å²) in [5.41, 5.74) is 1.17. The molecule has 144 valence electrons. The van der Waals surface area contributed by atoms with Crippen molar-refractivity contribution >= 4 is 5.91 Å². The van der Waals surface area contributed by atoms with Crippen molar-refractivity contribution in [3.05, 3.63) is 47.6 Å². The standard InChI is InChI=1S/C20H26N4O3/c25-20(17-7-4-12-26-17)24-10-8-16(9-11-24)21-14-19-22-18(23-27-19)13-15-5-2-1-3-6-15/h1-3,5-6,16-17,21H,4,7-14H2. The molecule has 0 bridgehead atoms. The van der Waals surface area contributed by atoms with E-state index >= 15 is 0 Å². The molecule has 27 heavy (non-hydrogen) atoms. The topological polar surface area (TPSA) is 80.5 Å². The molecule has 2 aliphatic heterocycles. The normalized spacial score (nSPS) is 20.9. The summed E-state index contributed by atoms with van der Waals surface area (Å²) in [6, 6.07) is 10.5. The number of carbonyl (C=O) groups is 1. The van der Waals surface area contributed by atoms with Gasteiger partial charge in [-0.05, 0) is 31.2 Å². The van der Waals surface area contributed by atoms with Gasteiger partial charge in [0.05, 0.1) is 6.54 Å². The van der Waals surface area contributed by atoms with Crippen LogP contribution in [0.3, 0.4) is 0 Å². The van der Waals surface area contributed by atoms with E-state index in [-0.39, 0.29) is 12.0 Å². The third-order valence-corrected chi connectivity index (χ3v) is 5.27. The Bertz CT molecular complexity index is 735. The molecular formula is C20H26N4O3. The Balaban J connectivity index is 1.20. The van der Waals surface area contributed by atoms with Crippen molar-refractivity contribution in [1.29, 1.82) is 0 Å². The third kappa shape index (κ3) is 4.73. The van der Waals surface area contributed by atoms with E-state index in [0.717, 1.165) is 38.8 Å². The molecule has 3 heterocycles. The third-order valence-electron chi connectivity index (χ3n) is 5.27. The Kier molecular flexibility index (Phi) is 5.79. The molecule has 1 unspecified atom stereocenters. The number of rotatable bonds is 6. The number of carbonyl (C=O) groups excluding carboxylic acids is 1. The van der Waals surface area contributed by atoms with Crippen molar-refractivity contribution in [1.82, 2.24) is 20.4 Å². The number of amides is 1. The number of benzene rings is 1. The Morgan fingerprint density at radius 1 is 1.19 bits per heavy atom. The number of nitrogens with zero attached hydrogens (tertiary/aromatic N) is 3. The molecule has 2 aromatic rings. The van der Waals surface area contributed by atoms with Gasteiger partial charge in [-0.15, -0.1) is 0 Å². The van der Waals surface area contributed by atoms with Crippen molar-refractivity contribution in [2.75, 3.05) is 19.7 Å². The van der Waals surface area contributed by atoms with Crippen molar-refractivity contribution in [3.63, 3.8) is 0 Å². The van der Waals surface area contributed by atoms with Crippen molar-refractivity contribution in [3.8, 4) is 0 Å². The second kappa shape index (κ2) is 8.63. The number of likely N-dealkylation sites (tertiary alicyclic amines) is 1. The zero-order valence-corrected chi connectivity index (χ0v) is 15.5. The summed E-state index contributed by atoms with van der Waals surface area (Å²) in [6.07, 6.45) is 4.18. The molecular weight excluding hydrogens is 344 g/mol. The first-order valence-electron chi connectivity index (χ1n) is 9.77.